The van der Waals surface area contributed by atoms with Crippen molar-refractivity contribution in [3.05, 3.63) is 25.0 Å². The van der Waals surface area contributed by atoms with Crippen molar-refractivity contribution in [3.8, 4) is 0 Å². The number of carboxylic acid groups (broad SMARTS) is 1. The predicted octanol–water partition coefficient (Wildman–Crippen LogP) is -0.195. The van der Waals surface area contributed by atoms with Crippen LogP contribution in [0.1, 0.15) is 6.92 Å². The van der Waals surface area contributed by atoms with Crippen molar-refractivity contribution >= 4 is 17.8 Å². The molecule has 0 bridgehead atoms. The number of hydrogen-bond acceptors (Lipinski definition) is 4. The fourth-order valence-electron chi connectivity index (χ4n) is 0.271. The number of amides is 1. The molecule has 6 nitrogen and oxygen atoms in total. The molecule has 0 aliphatic carbocycles. The Morgan fingerprint density at radius 1 is 1.36 bits per heavy atom. The monoisotopic (exact) mass is 201 g/mol. The zero-order valence-electron chi connectivity index (χ0n) is 7.60. The normalized spacial score (nSPS) is 8.36. The van der Waals surface area contributed by atoms with E-state index in [0.29, 0.717) is 6.08 Å². The molecule has 0 fully saturated rings. The first kappa shape index (κ1) is 14.4. The van der Waals surface area contributed by atoms with Crippen molar-refractivity contribution in [1.29, 1.82) is 0 Å². The minimum atomic E-state index is -1.18. The van der Waals surface area contributed by atoms with Crippen LogP contribution in [0.3, 0.4) is 0 Å². The Kier molecular flexibility index (Phi) is 9.25. The first-order valence-corrected chi connectivity index (χ1v) is 3.38. The van der Waals surface area contributed by atoms with Crippen LogP contribution in [0.4, 0.5) is 0 Å². The van der Waals surface area contributed by atoms with E-state index >= 15 is 0 Å². The largest absolute Gasteiger partial charge is 0.478 e. The number of nitrogens with two attached hydrogens (primary N) is 1. The average Bonchev–Trinajstić information content (AvgIpc) is 2.01. The number of ether oxygens (including phenoxy) is 1. The second-order valence-corrected chi connectivity index (χ2v) is 1.85. The van der Waals surface area contributed by atoms with Crippen molar-refractivity contribution in [3.63, 3.8) is 0 Å². The van der Waals surface area contributed by atoms with Crippen LogP contribution in [-0.2, 0) is 19.1 Å². The van der Waals surface area contributed by atoms with E-state index in [-0.39, 0.29) is 5.97 Å². The molecular formula is C8H11NO5. The highest BCUT2D eigenvalue weighted by Gasteiger charge is 1.86. The SMILES string of the molecule is C=COC(C)=O.NC(=O)C=CC(=O)O. The van der Waals surface area contributed by atoms with Gasteiger partial charge in [0, 0.05) is 19.1 Å². The molecule has 3 N–H and O–H groups in total. The number of carbonyl (C=O) groups excluding carboxylic acids is 2. The standard InChI is InChI=1S/C4H5NO3.C4H6O2/c5-3(6)1-2-4(7)8;1-3-6-4(2)5/h1-2H,(H2,5,6)(H,7,8);3H,1H2,2H3. The number of hydrogen-bond donors (Lipinski definition) is 2. The maximum Gasteiger partial charge on any atom is 0.328 e. The summed E-state index contributed by atoms with van der Waals surface area (Å²) < 4.78 is 4.17. The summed E-state index contributed by atoms with van der Waals surface area (Å²) in [6.45, 7) is 4.48. The molecule has 0 aliphatic heterocycles. The molecule has 0 spiro atoms. The van der Waals surface area contributed by atoms with Crippen molar-refractivity contribution in [2.75, 3.05) is 0 Å². The van der Waals surface area contributed by atoms with Crippen molar-refractivity contribution in [1.82, 2.24) is 0 Å². The third kappa shape index (κ3) is 22.5. The molecule has 0 aromatic carbocycles. The molecule has 0 rings (SSSR count). The maximum atomic E-state index is 9.78. The van der Waals surface area contributed by atoms with Crippen LogP contribution in [0.5, 0.6) is 0 Å². The Bertz CT molecular complexity index is 240. The molecule has 0 radical (unpaired) electrons. The number of esters is 1. The molecule has 0 saturated carbocycles. The quantitative estimate of drug-likeness (QED) is 0.373. The number of carbonyl (C=O) groups is 3. The van der Waals surface area contributed by atoms with Gasteiger partial charge in [-0.15, -0.1) is 0 Å². The first-order chi connectivity index (χ1) is 6.40. The smallest absolute Gasteiger partial charge is 0.328 e. The molecular weight excluding hydrogens is 190 g/mol. The van der Waals surface area contributed by atoms with Crippen LogP contribution in [0.15, 0.2) is 25.0 Å². The van der Waals surface area contributed by atoms with E-state index in [1.165, 1.54) is 6.92 Å². The second kappa shape index (κ2) is 8.98. The highest BCUT2D eigenvalue weighted by atomic mass is 16.5. The number of aliphatic carboxylic acids is 1. The van der Waals surface area contributed by atoms with Crippen molar-refractivity contribution in [2.45, 2.75) is 6.92 Å². The van der Waals surface area contributed by atoms with Gasteiger partial charge in [0.1, 0.15) is 0 Å². The van der Waals surface area contributed by atoms with Gasteiger partial charge >= 0.3 is 11.9 Å². The van der Waals surface area contributed by atoms with Crippen molar-refractivity contribution < 1.29 is 24.2 Å². The van der Waals surface area contributed by atoms with E-state index < -0.39 is 11.9 Å². The molecule has 0 heterocycles. The van der Waals surface area contributed by atoms with Gasteiger partial charge in [0.05, 0.1) is 6.26 Å². The summed E-state index contributed by atoms with van der Waals surface area (Å²) in [4.78, 5) is 29.1. The lowest BCUT2D eigenvalue weighted by Gasteiger charge is -1.83. The molecule has 0 unspecified atom stereocenters. The molecule has 0 aromatic heterocycles. The topological polar surface area (TPSA) is 107 Å². The van der Waals surface area contributed by atoms with Gasteiger partial charge in [-0.2, -0.15) is 0 Å². The van der Waals surface area contributed by atoms with Gasteiger partial charge in [0.25, 0.3) is 0 Å². The summed E-state index contributed by atoms with van der Waals surface area (Å²) >= 11 is 0. The highest BCUT2D eigenvalue weighted by molar-refractivity contribution is 5.92. The lowest BCUT2D eigenvalue weighted by molar-refractivity contribution is -0.135. The predicted molar refractivity (Wildman–Crippen MR) is 47.9 cm³/mol. The van der Waals surface area contributed by atoms with Gasteiger partial charge in [-0.1, -0.05) is 6.58 Å². The summed E-state index contributed by atoms with van der Waals surface area (Å²) in [5, 5.41) is 7.87. The van der Waals surface area contributed by atoms with Gasteiger partial charge in [0.2, 0.25) is 5.91 Å². The zero-order chi connectivity index (χ0) is 11.6. The van der Waals surface area contributed by atoms with E-state index in [1.54, 1.807) is 0 Å². The molecule has 0 aliphatic rings. The fraction of sp³-hybridized carbons (Fsp3) is 0.125. The van der Waals surface area contributed by atoms with Crippen LogP contribution in [0.2, 0.25) is 0 Å². The summed E-state index contributed by atoms with van der Waals surface area (Å²) in [5.74, 6) is -2.26. The first-order valence-electron chi connectivity index (χ1n) is 3.38. The second-order valence-electron chi connectivity index (χ2n) is 1.85. The van der Waals surface area contributed by atoms with E-state index in [4.69, 9.17) is 5.11 Å². The third-order valence-electron chi connectivity index (χ3n) is 0.639. The van der Waals surface area contributed by atoms with Crippen molar-refractivity contribution in [2.24, 2.45) is 5.73 Å². The fourth-order valence-corrected chi connectivity index (χ4v) is 0.271. The average molecular weight is 201 g/mol. The molecule has 0 atom stereocenters. The number of carboxylic acids is 1. The Balaban J connectivity index is 0. The van der Waals surface area contributed by atoms with Crippen LogP contribution in [-0.4, -0.2) is 23.0 Å². The highest BCUT2D eigenvalue weighted by Crippen LogP contribution is 1.70. The van der Waals surface area contributed by atoms with E-state index in [0.717, 1.165) is 12.3 Å². The number of rotatable bonds is 3. The van der Waals surface area contributed by atoms with Gasteiger partial charge in [-0.05, 0) is 0 Å². The van der Waals surface area contributed by atoms with Gasteiger partial charge < -0.3 is 15.6 Å². The lowest BCUT2D eigenvalue weighted by atomic mass is 10.5. The molecule has 1 amide bonds. The number of primary amides is 1. The summed E-state index contributed by atoms with van der Waals surface area (Å²) in [6, 6.07) is 0. The third-order valence-corrected chi connectivity index (χ3v) is 0.639. The van der Waals surface area contributed by atoms with E-state index in [9.17, 15) is 14.4 Å². The Morgan fingerprint density at radius 2 is 1.86 bits per heavy atom. The zero-order valence-corrected chi connectivity index (χ0v) is 7.60. The minimum absolute atomic E-state index is 0.329. The van der Waals surface area contributed by atoms with E-state index in [2.05, 4.69) is 17.0 Å². The molecule has 0 aromatic rings. The molecule has 78 valence electrons. The Labute approximate surface area is 80.7 Å². The molecule has 6 heteroatoms. The van der Waals surface area contributed by atoms with E-state index in [1.807, 2.05) is 0 Å². The summed E-state index contributed by atoms with van der Waals surface area (Å²) in [6.07, 6.45) is 2.56. The van der Waals surface area contributed by atoms with Gasteiger partial charge in [-0.25, -0.2) is 4.79 Å². The van der Waals surface area contributed by atoms with Crippen LogP contribution < -0.4 is 5.73 Å². The van der Waals surface area contributed by atoms with Gasteiger partial charge in [0.15, 0.2) is 0 Å². The van der Waals surface area contributed by atoms with Crippen LogP contribution in [0, 0.1) is 0 Å². The minimum Gasteiger partial charge on any atom is -0.478 e. The molecule has 14 heavy (non-hydrogen) atoms. The van der Waals surface area contributed by atoms with Crippen LogP contribution >= 0.6 is 0 Å². The summed E-state index contributed by atoms with van der Waals surface area (Å²) in [5.41, 5.74) is 4.55. The maximum absolute atomic E-state index is 9.78. The molecule has 0 saturated heterocycles. The Hall–Kier alpha value is -2.11. The lowest BCUT2D eigenvalue weighted by Crippen LogP contribution is -2.06. The van der Waals surface area contributed by atoms with Crippen LogP contribution in [0.25, 0.3) is 0 Å². The van der Waals surface area contributed by atoms with Gasteiger partial charge in [-0.3, -0.25) is 9.59 Å². The Morgan fingerprint density at radius 3 is 1.93 bits per heavy atom. The summed E-state index contributed by atoms with van der Waals surface area (Å²) in [7, 11) is 0.